The van der Waals surface area contributed by atoms with Crippen molar-refractivity contribution in [3.05, 3.63) is 58.4 Å². The number of halogens is 3. The first kappa shape index (κ1) is 14.5. The van der Waals surface area contributed by atoms with Crippen molar-refractivity contribution >= 4 is 23.2 Å². The highest BCUT2D eigenvalue weighted by atomic mass is 35.5. The smallest absolute Gasteiger partial charge is 0.162 e. The van der Waals surface area contributed by atoms with Gasteiger partial charge in [-0.25, -0.2) is 4.39 Å². The molecular weight excluding hydrogens is 314 g/mol. The molecule has 2 nitrogen and oxygen atoms in total. The number of fused-ring (bicyclic) bond motifs is 1. The number of hydrogen-bond donors (Lipinski definition) is 0. The normalized spacial score (nSPS) is 14.8. The van der Waals surface area contributed by atoms with Gasteiger partial charge in [0.15, 0.2) is 11.5 Å². The molecule has 110 valence electrons. The summed E-state index contributed by atoms with van der Waals surface area (Å²) in [4.78, 5) is 0. The third-order valence-corrected chi connectivity index (χ3v) is 4.07. The highest BCUT2D eigenvalue weighted by Gasteiger charge is 2.20. The maximum absolute atomic E-state index is 13.7. The Bertz CT molecular complexity index is 661. The molecule has 0 bridgehead atoms. The lowest BCUT2D eigenvalue weighted by Gasteiger charge is -2.21. The topological polar surface area (TPSA) is 18.5 Å². The van der Waals surface area contributed by atoms with E-state index in [1.165, 1.54) is 6.07 Å². The maximum atomic E-state index is 13.7. The van der Waals surface area contributed by atoms with Crippen LogP contribution in [0.15, 0.2) is 36.4 Å². The van der Waals surface area contributed by atoms with E-state index in [1.54, 1.807) is 30.3 Å². The molecular formula is C16H13Cl2FO2. The zero-order valence-corrected chi connectivity index (χ0v) is 12.6. The van der Waals surface area contributed by atoms with Crippen LogP contribution < -0.4 is 9.47 Å². The number of rotatable bonds is 3. The fraction of sp³-hybridized carbons (Fsp3) is 0.250. The predicted octanol–water partition coefficient (Wildman–Crippen LogP) is 4.77. The molecule has 0 N–H and O–H groups in total. The van der Waals surface area contributed by atoms with Crippen molar-refractivity contribution in [1.29, 1.82) is 0 Å². The molecule has 0 spiro atoms. The van der Waals surface area contributed by atoms with E-state index in [0.717, 1.165) is 0 Å². The van der Waals surface area contributed by atoms with Gasteiger partial charge in [-0.1, -0.05) is 29.8 Å². The van der Waals surface area contributed by atoms with Crippen molar-refractivity contribution in [2.75, 3.05) is 13.2 Å². The fourth-order valence-corrected chi connectivity index (χ4v) is 2.97. The van der Waals surface area contributed by atoms with Gasteiger partial charge in [0.25, 0.3) is 0 Å². The molecule has 0 saturated heterocycles. The van der Waals surface area contributed by atoms with Gasteiger partial charge in [0.05, 0.1) is 5.38 Å². The van der Waals surface area contributed by atoms with E-state index in [1.807, 2.05) is 0 Å². The van der Waals surface area contributed by atoms with Crippen LogP contribution in [0.2, 0.25) is 5.02 Å². The summed E-state index contributed by atoms with van der Waals surface area (Å²) in [6.45, 7) is 0.997. The number of benzene rings is 2. The highest BCUT2D eigenvalue weighted by molar-refractivity contribution is 6.33. The molecule has 2 aromatic rings. The van der Waals surface area contributed by atoms with Gasteiger partial charge >= 0.3 is 0 Å². The molecule has 2 aromatic carbocycles. The third-order valence-electron chi connectivity index (χ3n) is 3.36. The molecule has 1 atom stereocenters. The van der Waals surface area contributed by atoms with Crippen molar-refractivity contribution < 1.29 is 13.9 Å². The first-order valence-electron chi connectivity index (χ1n) is 6.61. The van der Waals surface area contributed by atoms with E-state index >= 15 is 0 Å². The fourth-order valence-electron chi connectivity index (χ4n) is 2.29. The maximum Gasteiger partial charge on any atom is 0.162 e. The number of ether oxygens (including phenoxy) is 2. The standard InChI is InChI=1S/C16H13Cl2FO2/c17-12(7-10-3-1-2-4-14(10)19)11-8-15-16(9-13(11)18)21-6-5-20-15/h1-4,8-9,12H,5-7H2. The molecule has 1 aliphatic heterocycles. The quantitative estimate of drug-likeness (QED) is 0.756. The minimum Gasteiger partial charge on any atom is -0.486 e. The second-order valence-corrected chi connectivity index (χ2v) is 5.71. The lowest BCUT2D eigenvalue weighted by Crippen LogP contribution is -2.15. The second-order valence-electron chi connectivity index (χ2n) is 4.78. The van der Waals surface area contributed by atoms with Gasteiger partial charge in [0.2, 0.25) is 0 Å². The van der Waals surface area contributed by atoms with Gasteiger partial charge in [0, 0.05) is 11.1 Å². The molecule has 21 heavy (non-hydrogen) atoms. The van der Waals surface area contributed by atoms with E-state index in [4.69, 9.17) is 32.7 Å². The summed E-state index contributed by atoms with van der Waals surface area (Å²) in [7, 11) is 0. The van der Waals surface area contributed by atoms with Crippen LogP contribution in [-0.4, -0.2) is 13.2 Å². The Balaban J connectivity index is 1.87. The van der Waals surface area contributed by atoms with Gasteiger partial charge in [-0.05, 0) is 29.7 Å². The molecule has 1 unspecified atom stereocenters. The van der Waals surface area contributed by atoms with Crippen LogP contribution in [0, 0.1) is 5.82 Å². The third kappa shape index (κ3) is 3.09. The van der Waals surface area contributed by atoms with Crippen molar-refractivity contribution in [3.8, 4) is 11.5 Å². The SMILES string of the molecule is Fc1ccccc1CC(Cl)c1cc2c(cc1Cl)OCCO2. The van der Waals surface area contributed by atoms with Crippen LogP contribution in [0.5, 0.6) is 11.5 Å². The van der Waals surface area contributed by atoms with Crippen molar-refractivity contribution in [3.63, 3.8) is 0 Å². The minimum atomic E-state index is -0.440. The van der Waals surface area contributed by atoms with E-state index in [-0.39, 0.29) is 5.82 Å². The van der Waals surface area contributed by atoms with Gasteiger partial charge in [-0.3, -0.25) is 0 Å². The molecule has 0 amide bonds. The van der Waals surface area contributed by atoms with E-state index in [2.05, 4.69) is 0 Å². The molecule has 0 saturated carbocycles. The molecule has 1 aliphatic rings. The summed E-state index contributed by atoms with van der Waals surface area (Å²) in [5, 5.41) is 0.0563. The number of alkyl halides is 1. The summed E-state index contributed by atoms with van der Waals surface area (Å²) in [5.74, 6) is 0.974. The Morgan fingerprint density at radius 2 is 1.76 bits per heavy atom. The Kier molecular flexibility index (Phi) is 4.22. The summed E-state index contributed by atoms with van der Waals surface area (Å²) in [6.07, 6.45) is 0.355. The Labute approximate surface area is 132 Å². The molecule has 0 radical (unpaired) electrons. The average molecular weight is 327 g/mol. The molecule has 0 aliphatic carbocycles. The molecule has 1 heterocycles. The summed E-state index contributed by atoms with van der Waals surface area (Å²) in [5.41, 5.74) is 1.27. The van der Waals surface area contributed by atoms with E-state index < -0.39 is 5.38 Å². The first-order chi connectivity index (χ1) is 10.1. The van der Waals surface area contributed by atoms with Crippen molar-refractivity contribution in [2.45, 2.75) is 11.8 Å². The van der Waals surface area contributed by atoms with Crippen LogP contribution in [-0.2, 0) is 6.42 Å². The van der Waals surface area contributed by atoms with Crippen LogP contribution in [0.1, 0.15) is 16.5 Å². The van der Waals surface area contributed by atoms with Crippen LogP contribution in [0.4, 0.5) is 4.39 Å². The molecule has 5 heteroatoms. The van der Waals surface area contributed by atoms with Crippen molar-refractivity contribution in [2.24, 2.45) is 0 Å². The second kappa shape index (κ2) is 6.12. The Morgan fingerprint density at radius 1 is 1.10 bits per heavy atom. The van der Waals surface area contributed by atoms with Crippen LogP contribution in [0.25, 0.3) is 0 Å². The van der Waals surface area contributed by atoms with Crippen LogP contribution in [0.3, 0.4) is 0 Å². The monoisotopic (exact) mass is 326 g/mol. The Morgan fingerprint density at radius 3 is 2.48 bits per heavy atom. The number of hydrogen-bond acceptors (Lipinski definition) is 2. The van der Waals surface area contributed by atoms with E-state index in [0.29, 0.717) is 47.3 Å². The predicted molar refractivity (Wildman–Crippen MR) is 81.1 cm³/mol. The van der Waals surface area contributed by atoms with Gasteiger partial charge in [-0.15, -0.1) is 11.6 Å². The lowest BCUT2D eigenvalue weighted by molar-refractivity contribution is 0.171. The Hall–Kier alpha value is -1.45. The van der Waals surface area contributed by atoms with E-state index in [9.17, 15) is 4.39 Å². The lowest BCUT2D eigenvalue weighted by atomic mass is 10.0. The summed E-state index contributed by atoms with van der Waals surface area (Å²) < 4.78 is 24.7. The largest absolute Gasteiger partial charge is 0.486 e. The molecule has 3 rings (SSSR count). The van der Waals surface area contributed by atoms with Gasteiger partial charge < -0.3 is 9.47 Å². The van der Waals surface area contributed by atoms with Crippen molar-refractivity contribution in [1.82, 2.24) is 0 Å². The highest BCUT2D eigenvalue weighted by Crippen LogP contribution is 2.40. The zero-order valence-electron chi connectivity index (χ0n) is 11.1. The van der Waals surface area contributed by atoms with Gasteiger partial charge in [-0.2, -0.15) is 0 Å². The zero-order chi connectivity index (χ0) is 14.8. The minimum absolute atomic E-state index is 0.267. The summed E-state index contributed by atoms with van der Waals surface area (Å²) in [6, 6.07) is 10.0. The summed E-state index contributed by atoms with van der Waals surface area (Å²) >= 11 is 12.7. The molecule has 0 fully saturated rings. The van der Waals surface area contributed by atoms with Gasteiger partial charge in [0.1, 0.15) is 19.0 Å². The molecule has 0 aromatic heterocycles. The van der Waals surface area contributed by atoms with Crippen LogP contribution >= 0.6 is 23.2 Å². The average Bonchev–Trinajstić information content (AvgIpc) is 2.49. The first-order valence-corrected chi connectivity index (χ1v) is 7.43.